The third-order valence-corrected chi connectivity index (χ3v) is 3.93. The second-order valence-electron chi connectivity index (χ2n) is 5.80. The third kappa shape index (κ3) is 3.95. The molecular weight excluding hydrogens is 286 g/mol. The van der Waals surface area contributed by atoms with Crippen molar-refractivity contribution in [3.63, 3.8) is 0 Å². The summed E-state index contributed by atoms with van der Waals surface area (Å²) in [5.41, 5.74) is 1.83. The molecule has 0 fully saturated rings. The molecule has 21 heavy (non-hydrogen) atoms. The summed E-state index contributed by atoms with van der Waals surface area (Å²) in [6, 6.07) is 5.40. The van der Waals surface area contributed by atoms with Crippen molar-refractivity contribution in [2.75, 3.05) is 7.11 Å². The molecular formula is C16H21NO3S. The number of nitrogens with zero attached hydrogens (tertiary/aromatic N) is 1. The second kappa shape index (κ2) is 6.45. The number of aliphatic hydroxyl groups is 1. The van der Waals surface area contributed by atoms with Crippen LogP contribution in [0.25, 0.3) is 0 Å². The highest BCUT2D eigenvalue weighted by molar-refractivity contribution is 7.09. The van der Waals surface area contributed by atoms with Crippen molar-refractivity contribution in [3.05, 3.63) is 39.8 Å². The van der Waals surface area contributed by atoms with Gasteiger partial charge in [0.25, 0.3) is 0 Å². The number of hydrogen-bond acceptors (Lipinski definition) is 5. The van der Waals surface area contributed by atoms with Crippen LogP contribution >= 0.6 is 11.3 Å². The van der Waals surface area contributed by atoms with Crippen LogP contribution < -0.4 is 9.47 Å². The van der Waals surface area contributed by atoms with Crippen LogP contribution in [0, 0.1) is 0 Å². The highest BCUT2D eigenvalue weighted by Crippen LogP contribution is 2.27. The Kier molecular flexibility index (Phi) is 4.85. The lowest BCUT2D eigenvalue weighted by Crippen LogP contribution is -2.11. The Morgan fingerprint density at radius 3 is 2.62 bits per heavy atom. The average molecular weight is 307 g/mol. The Morgan fingerprint density at radius 1 is 1.29 bits per heavy atom. The van der Waals surface area contributed by atoms with Crippen LogP contribution in [-0.4, -0.2) is 17.2 Å². The molecule has 0 aliphatic heterocycles. The van der Waals surface area contributed by atoms with Crippen molar-refractivity contribution >= 4 is 11.3 Å². The van der Waals surface area contributed by atoms with Crippen LogP contribution in [0.15, 0.2) is 23.6 Å². The molecule has 0 radical (unpaired) electrons. The molecule has 0 bridgehead atoms. The average Bonchev–Trinajstić information content (AvgIpc) is 2.94. The van der Waals surface area contributed by atoms with Gasteiger partial charge in [0.05, 0.1) is 19.4 Å². The quantitative estimate of drug-likeness (QED) is 0.918. The predicted molar refractivity (Wildman–Crippen MR) is 84.1 cm³/mol. The molecule has 0 aliphatic carbocycles. The van der Waals surface area contributed by atoms with E-state index >= 15 is 0 Å². The number of rotatable bonds is 5. The number of aromatic nitrogens is 1. The fourth-order valence-electron chi connectivity index (χ4n) is 1.81. The maximum absolute atomic E-state index is 9.40. The van der Waals surface area contributed by atoms with Crippen LogP contribution in [0.3, 0.4) is 0 Å². The molecule has 2 rings (SSSR count). The number of aliphatic hydroxyl groups excluding tert-OH is 1. The summed E-state index contributed by atoms with van der Waals surface area (Å²) in [6.45, 7) is 6.73. The van der Waals surface area contributed by atoms with Crippen molar-refractivity contribution in [1.82, 2.24) is 4.98 Å². The molecule has 0 saturated heterocycles. The Hall–Kier alpha value is -1.59. The van der Waals surface area contributed by atoms with Gasteiger partial charge < -0.3 is 14.6 Å². The summed E-state index contributed by atoms with van der Waals surface area (Å²) in [5, 5.41) is 12.4. The van der Waals surface area contributed by atoms with Gasteiger partial charge in [0.2, 0.25) is 0 Å². The van der Waals surface area contributed by atoms with E-state index in [0.717, 1.165) is 10.7 Å². The van der Waals surface area contributed by atoms with E-state index in [-0.39, 0.29) is 12.0 Å². The van der Waals surface area contributed by atoms with Crippen molar-refractivity contribution in [2.24, 2.45) is 0 Å². The molecule has 0 atom stereocenters. The fourth-order valence-corrected chi connectivity index (χ4v) is 2.74. The van der Waals surface area contributed by atoms with Crippen molar-refractivity contribution < 1.29 is 14.6 Å². The zero-order valence-electron chi connectivity index (χ0n) is 12.8. The van der Waals surface area contributed by atoms with Crippen LogP contribution in [-0.2, 0) is 18.6 Å². The maximum atomic E-state index is 9.40. The molecule has 0 spiro atoms. The first-order chi connectivity index (χ1) is 9.94. The topological polar surface area (TPSA) is 51.6 Å². The zero-order valence-corrected chi connectivity index (χ0v) is 13.7. The number of hydrogen-bond donors (Lipinski definition) is 1. The molecule has 1 heterocycles. The van der Waals surface area contributed by atoms with E-state index in [2.05, 4.69) is 31.1 Å². The molecule has 114 valence electrons. The Morgan fingerprint density at radius 2 is 2.05 bits per heavy atom. The molecule has 1 N–H and O–H groups in total. The molecule has 1 aromatic carbocycles. The largest absolute Gasteiger partial charge is 0.497 e. The van der Waals surface area contributed by atoms with Crippen LogP contribution in [0.2, 0.25) is 0 Å². The summed E-state index contributed by atoms with van der Waals surface area (Å²) in [4.78, 5) is 4.59. The van der Waals surface area contributed by atoms with E-state index in [1.165, 1.54) is 0 Å². The van der Waals surface area contributed by atoms with Crippen LogP contribution in [0.5, 0.6) is 11.5 Å². The SMILES string of the molecule is COc1ccc(OCc2nc(C(C)(C)C)cs2)c(CO)c1. The summed E-state index contributed by atoms with van der Waals surface area (Å²) in [5.74, 6) is 1.36. The number of methoxy groups -OCH3 is 1. The molecule has 0 amide bonds. The maximum Gasteiger partial charge on any atom is 0.140 e. The minimum atomic E-state index is -0.0857. The van der Waals surface area contributed by atoms with Gasteiger partial charge in [0.1, 0.15) is 23.1 Å². The molecule has 0 unspecified atom stereocenters. The van der Waals surface area contributed by atoms with E-state index in [0.29, 0.717) is 23.7 Å². The first kappa shape index (κ1) is 15.8. The smallest absolute Gasteiger partial charge is 0.140 e. The van der Waals surface area contributed by atoms with Crippen LogP contribution in [0.1, 0.15) is 37.0 Å². The summed E-state index contributed by atoms with van der Waals surface area (Å²) in [7, 11) is 1.60. The van der Waals surface area contributed by atoms with E-state index in [4.69, 9.17) is 9.47 Å². The zero-order chi connectivity index (χ0) is 15.5. The highest BCUT2D eigenvalue weighted by Gasteiger charge is 2.17. The summed E-state index contributed by atoms with van der Waals surface area (Å²) < 4.78 is 10.9. The van der Waals surface area contributed by atoms with E-state index in [1.807, 2.05) is 12.1 Å². The molecule has 4 nitrogen and oxygen atoms in total. The van der Waals surface area contributed by atoms with Gasteiger partial charge in [-0.05, 0) is 18.2 Å². The third-order valence-electron chi connectivity index (χ3n) is 3.11. The summed E-state index contributed by atoms with van der Waals surface area (Å²) >= 11 is 1.59. The van der Waals surface area contributed by atoms with Crippen molar-refractivity contribution in [3.8, 4) is 11.5 Å². The van der Waals surface area contributed by atoms with Gasteiger partial charge in [-0.1, -0.05) is 20.8 Å². The Balaban J connectivity index is 2.08. The number of thiazole rings is 1. The van der Waals surface area contributed by atoms with Crippen molar-refractivity contribution in [2.45, 2.75) is 39.4 Å². The monoisotopic (exact) mass is 307 g/mol. The van der Waals surface area contributed by atoms with Gasteiger partial charge in [-0.15, -0.1) is 11.3 Å². The standard InChI is InChI=1S/C16H21NO3S/c1-16(2,3)14-10-21-15(17-14)9-20-13-6-5-12(19-4)7-11(13)8-18/h5-7,10,18H,8-9H2,1-4H3. The fraction of sp³-hybridized carbons (Fsp3) is 0.438. The van der Waals surface area contributed by atoms with Crippen LogP contribution in [0.4, 0.5) is 0 Å². The number of benzene rings is 1. The first-order valence-electron chi connectivity index (χ1n) is 6.79. The molecule has 2 aromatic rings. The summed E-state index contributed by atoms with van der Waals surface area (Å²) in [6.07, 6.45) is 0. The minimum absolute atomic E-state index is 0.0467. The lowest BCUT2D eigenvalue weighted by atomic mass is 9.93. The first-order valence-corrected chi connectivity index (χ1v) is 7.67. The van der Waals surface area contributed by atoms with Gasteiger partial charge in [0, 0.05) is 16.4 Å². The van der Waals surface area contributed by atoms with Crippen molar-refractivity contribution in [1.29, 1.82) is 0 Å². The van der Waals surface area contributed by atoms with E-state index in [9.17, 15) is 5.11 Å². The normalized spacial score (nSPS) is 11.5. The van der Waals surface area contributed by atoms with Gasteiger partial charge in [-0.2, -0.15) is 0 Å². The van der Waals surface area contributed by atoms with Gasteiger partial charge in [-0.25, -0.2) is 4.98 Å². The highest BCUT2D eigenvalue weighted by atomic mass is 32.1. The van der Waals surface area contributed by atoms with Gasteiger partial charge in [0.15, 0.2) is 0 Å². The molecule has 1 aromatic heterocycles. The molecule has 0 saturated carbocycles. The lowest BCUT2D eigenvalue weighted by molar-refractivity contribution is 0.257. The minimum Gasteiger partial charge on any atom is -0.497 e. The van der Waals surface area contributed by atoms with E-state index in [1.54, 1.807) is 24.5 Å². The van der Waals surface area contributed by atoms with Gasteiger partial charge in [-0.3, -0.25) is 0 Å². The Bertz CT molecular complexity index is 602. The van der Waals surface area contributed by atoms with Gasteiger partial charge >= 0.3 is 0 Å². The lowest BCUT2D eigenvalue weighted by Gasteiger charge is -2.14. The van der Waals surface area contributed by atoms with E-state index < -0.39 is 0 Å². The molecule has 5 heteroatoms. The second-order valence-corrected chi connectivity index (χ2v) is 6.74. The number of ether oxygens (including phenoxy) is 2. The predicted octanol–water partition coefficient (Wildman–Crippen LogP) is 3.52. The Labute approximate surface area is 129 Å². The molecule has 0 aliphatic rings.